The number of nitrogens with zero attached hydrogens (tertiary/aromatic N) is 2. The second kappa shape index (κ2) is 7.80. The number of carbonyl (C=O) groups is 3. The number of aromatic nitrogens is 2. The van der Waals surface area contributed by atoms with Gasteiger partial charge in [-0.25, -0.2) is 9.78 Å². The predicted octanol–water partition coefficient (Wildman–Crippen LogP) is 1.52. The zero-order valence-corrected chi connectivity index (χ0v) is 15.4. The van der Waals surface area contributed by atoms with Gasteiger partial charge in [0.05, 0.1) is 6.20 Å². The molecule has 0 unspecified atom stereocenters. The fourth-order valence-electron chi connectivity index (χ4n) is 3.18. The van der Waals surface area contributed by atoms with E-state index in [9.17, 15) is 19.5 Å². The third-order valence-corrected chi connectivity index (χ3v) is 4.68. The lowest BCUT2D eigenvalue weighted by atomic mass is 9.79. The maximum absolute atomic E-state index is 13.0. The van der Waals surface area contributed by atoms with E-state index >= 15 is 0 Å². The Bertz CT molecular complexity index is 664. The minimum absolute atomic E-state index is 0.121. The molecule has 1 saturated carbocycles. The minimum Gasteiger partial charge on any atom is -0.480 e. The minimum atomic E-state index is -1.13. The standard InChI is InChI=1S/C18H26N4O4/c1-17(2,3)13(15(24)25)21-16(26)18(7-5-4-6-8-18)22-14(23)12-11-19-9-10-20-12/h9-11,13H,4-8H2,1-3H3,(H,21,26)(H,22,23)(H,24,25)/t13-/m1/s1. The molecule has 0 radical (unpaired) electrons. The molecule has 8 heteroatoms. The smallest absolute Gasteiger partial charge is 0.326 e. The van der Waals surface area contributed by atoms with Crippen molar-refractivity contribution in [1.29, 1.82) is 0 Å². The van der Waals surface area contributed by atoms with Crippen LogP contribution in [0.2, 0.25) is 0 Å². The Kier molecular flexibility index (Phi) is 5.94. The van der Waals surface area contributed by atoms with Crippen LogP contribution in [-0.4, -0.2) is 44.4 Å². The number of amides is 2. The lowest BCUT2D eigenvalue weighted by Crippen LogP contribution is -2.63. The molecular formula is C18H26N4O4. The van der Waals surface area contributed by atoms with E-state index < -0.39 is 34.8 Å². The Morgan fingerprint density at radius 1 is 1.15 bits per heavy atom. The van der Waals surface area contributed by atoms with E-state index in [2.05, 4.69) is 20.6 Å². The van der Waals surface area contributed by atoms with Crippen LogP contribution >= 0.6 is 0 Å². The third kappa shape index (κ3) is 4.56. The molecule has 142 valence electrons. The summed E-state index contributed by atoms with van der Waals surface area (Å²) in [7, 11) is 0. The first kappa shape index (κ1) is 19.8. The second-order valence-corrected chi connectivity index (χ2v) is 7.80. The summed E-state index contributed by atoms with van der Waals surface area (Å²) < 4.78 is 0. The second-order valence-electron chi connectivity index (χ2n) is 7.80. The molecule has 2 amide bonds. The van der Waals surface area contributed by atoms with Gasteiger partial charge >= 0.3 is 5.97 Å². The SMILES string of the molecule is CC(C)(C)[C@H](NC(=O)C1(NC(=O)c2cnccn2)CCCCC1)C(=O)O. The van der Waals surface area contributed by atoms with Gasteiger partial charge in [0.15, 0.2) is 0 Å². The van der Waals surface area contributed by atoms with Gasteiger partial charge in [-0.2, -0.15) is 0 Å². The van der Waals surface area contributed by atoms with E-state index in [1.807, 2.05) is 0 Å². The molecule has 0 aliphatic heterocycles. The van der Waals surface area contributed by atoms with Crippen LogP contribution in [0.1, 0.15) is 63.4 Å². The molecule has 0 saturated heterocycles. The highest BCUT2D eigenvalue weighted by Crippen LogP contribution is 2.30. The first-order valence-corrected chi connectivity index (χ1v) is 8.78. The average Bonchev–Trinajstić information content (AvgIpc) is 2.59. The summed E-state index contributed by atoms with van der Waals surface area (Å²) in [5.74, 6) is -2.05. The van der Waals surface area contributed by atoms with Gasteiger partial charge < -0.3 is 15.7 Å². The summed E-state index contributed by atoms with van der Waals surface area (Å²) >= 11 is 0. The quantitative estimate of drug-likeness (QED) is 0.730. The normalized spacial score (nSPS) is 17.8. The van der Waals surface area contributed by atoms with E-state index in [-0.39, 0.29) is 5.69 Å². The summed E-state index contributed by atoms with van der Waals surface area (Å²) in [6.45, 7) is 5.24. The number of nitrogens with one attached hydrogen (secondary N) is 2. The van der Waals surface area contributed by atoms with Gasteiger partial charge in [0, 0.05) is 12.4 Å². The van der Waals surface area contributed by atoms with Gasteiger partial charge in [0.25, 0.3) is 5.91 Å². The highest BCUT2D eigenvalue weighted by atomic mass is 16.4. The molecule has 1 aromatic heterocycles. The van der Waals surface area contributed by atoms with Gasteiger partial charge in [0.2, 0.25) is 5.91 Å². The van der Waals surface area contributed by atoms with Gasteiger partial charge in [-0.1, -0.05) is 40.0 Å². The maximum Gasteiger partial charge on any atom is 0.326 e. The molecule has 0 bridgehead atoms. The van der Waals surface area contributed by atoms with Gasteiger partial charge in [0.1, 0.15) is 17.3 Å². The summed E-state index contributed by atoms with van der Waals surface area (Å²) in [6, 6.07) is -1.05. The summed E-state index contributed by atoms with van der Waals surface area (Å²) in [4.78, 5) is 45.0. The largest absolute Gasteiger partial charge is 0.480 e. The van der Waals surface area contributed by atoms with Gasteiger partial charge in [-0.05, 0) is 18.3 Å². The summed E-state index contributed by atoms with van der Waals surface area (Å²) in [5, 5.41) is 14.9. The van der Waals surface area contributed by atoms with Crippen molar-refractivity contribution in [2.45, 2.75) is 64.5 Å². The Balaban J connectivity index is 2.24. The van der Waals surface area contributed by atoms with Crippen LogP contribution in [0.25, 0.3) is 0 Å². The van der Waals surface area contributed by atoms with Crippen molar-refractivity contribution >= 4 is 17.8 Å². The lowest BCUT2D eigenvalue weighted by Gasteiger charge is -2.38. The first-order valence-electron chi connectivity index (χ1n) is 8.78. The molecule has 1 aliphatic rings. The van der Waals surface area contributed by atoms with Crippen molar-refractivity contribution in [3.05, 3.63) is 24.3 Å². The molecule has 0 spiro atoms. The molecule has 26 heavy (non-hydrogen) atoms. The van der Waals surface area contributed by atoms with E-state index in [4.69, 9.17) is 0 Å². The first-order chi connectivity index (χ1) is 12.2. The Labute approximate surface area is 152 Å². The fourth-order valence-corrected chi connectivity index (χ4v) is 3.18. The van der Waals surface area contributed by atoms with Crippen molar-refractivity contribution in [2.24, 2.45) is 5.41 Å². The number of carbonyl (C=O) groups excluding carboxylic acids is 2. The van der Waals surface area contributed by atoms with Crippen molar-refractivity contribution in [3.63, 3.8) is 0 Å². The highest BCUT2D eigenvalue weighted by Gasteiger charge is 2.44. The molecule has 3 N–H and O–H groups in total. The predicted molar refractivity (Wildman–Crippen MR) is 94.3 cm³/mol. The summed E-state index contributed by atoms with van der Waals surface area (Å²) in [5.41, 5.74) is -1.67. The van der Waals surface area contributed by atoms with Crippen molar-refractivity contribution in [1.82, 2.24) is 20.6 Å². The summed E-state index contributed by atoms with van der Waals surface area (Å²) in [6.07, 6.45) is 7.64. The number of aliphatic carboxylic acids is 1. The number of hydrogen-bond donors (Lipinski definition) is 3. The van der Waals surface area contributed by atoms with E-state index in [1.54, 1.807) is 20.8 Å². The van der Waals surface area contributed by atoms with E-state index in [0.717, 1.165) is 19.3 Å². The van der Waals surface area contributed by atoms with Gasteiger partial charge in [-0.15, -0.1) is 0 Å². The Morgan fingerprint density at radius 2 is 1.81 bits per heavy atom. The monoisotopic (exact) mass is 362 g/mol. The van der Waals surface area contributed by atoms with Crippen LogP contribution in [0, 0.1) is 5.41 Å². The Morgan fingerprint density at radius 3 is 2.31 bits per heavy atom. The van der Waals surface area contributed by atoms with Crippen molar-refractivity contribution in [2.75, 3.05) is 0 Å². The molecular weight excluding hydrogens is 336 g/mol. The zero-order valence-electron chi connectivity index (χ0n) is 15.4. The van der Waals surface area contributed by atoms with Crippen LogP contribution in [0.15, 0.2) is 18.6 Å². The molecule has 8 nitrogen and oxygen atoms in total. The topological polar surface area (TPSA) is 121 Å². The van der Waals surface area contributed by atoms with Crippen LogP contribution in [-0.2, 0) is 9.59 Å². The van der Waals surface area contributed by atoms with Crippen molar-refractivity contribution < 1.29 is 19.5 Å². The average molecular weight is 362 g/mol. The highest BCUT2D eigenvalue weighted by molar-refractivity contribution is 5.98. The molecule has 1 aromatic rings. The van der Waals surface area contributed by atoms with Crippen LogP contribution in [0.5, 0.6) is 0 Å². The van der Waals surface area contributed by atoms with Crippen LogP contribution in [0.3, 0.4) is 0 Å². The lowest BCUT2D eigenvalue weighted by molar-refractivity contribution is -0.146. The number of hydrogen-bond acceptors (Lipinski definition) is 5. The van der Waals surface area contributed by atoms with E-state index in [1.165, 1.54) is 18.6 Å². The molecule has 1 aliphatic carbocycles. The van der Waals surface area contributed by atoms with Crippen molar-refractivity contribution in [3.8, 4) is 0 Å². The zero-order chi connectivity index (χ0) is 19.4. The molecule has 1 atom stereocenters. The molecule has 1 fully saturated rings. The number of carboxylic acid groups (broad SMARTS) is 1. The number of carboxylic acids is 1. The Hall–Kier alpha value is -2.51. The molecule has 1 heterocycles. The van der Waals surface area contributed by atoms with Gasteiger partial charge in [-0.3, -0.25) is 14.6 Å². The van der Waals surface area contributed by atoms with E-state index in [0.29, 0.717) is 12.8 Å². The molecule has 2 rings (SSSR count). The van der Waals surface area contributed by atoms with Crippen LogP contribution in [0.4, 0.5) is 0 Å². The van der Waals surface area contributed by atoms with Crippen LogP contribution < -0.4 is 10.6 Å². The molecule has 0 aromatic carbocycles. The maximum atomic E-state index is 13.0. The fraction of sp³-hybridized carbons (Fsp3) is 0.611. The third-order valence-electron chi connectivity index (χ3n) is 4.68. The number of rotatable bonds is 5.